The zero-order valence-corrected chi connectivity index (χ0v) is 10.9. The van der Waals surface area contributed by atoms with Crippen LogP contribution in [-0.4, -0.2) is 17.8 Å². The summed E-state index contributed by atoms with van der Waals surface area (Å²) in [7, 11) is 0. The summed E-state index contributed by atoms with van der Waals surface area (Å²) in [4.78, 5) is 0. The molecule has 0 spiro atoms. The second-order valence-electron chi connectivity index (χ2n) is 4.74. The summed E-state index contributed by atoms with van der Waals surface area (Å²) in [5, 5.41) is 10.2. The topological polar surface area (TPSA) is 55.5 Å². The normalized spacial score (nSPS) is 14.7. The monoisotopic (exact) mass is 237 g/mol. The molecular formula is C14H23NO2. The van der Waals surface area contributed by atoms with E-state index >= 15 is 0 Å². The van der Waals surface area contributed by atoms with Gasteiger partial charge in [0.2, 0.25) is 0 Å². The molecular weight excluding hydrogens is 214 g/mol. The minimum absolute atomic E-state index is 0.230. The highest BCUT2D eigenvalue weighted by atomic mass is 16.5. The van der Waals surface area contributed by atoms with E-state index in [-0.39, 0.29) is 6.04 Å². The van der Waals surface area contributed by atoms with E-state index in [1.807, 2.05) is 31.2 Å². The number of ether oxygens (including phenoxy) is 1. The van der Waals surface area contributed by atoms with E-state index in [0.29, 0.717) is 12.5 Å². The molecule has 0 bridgehead atoms. The highest BCUT2D eigenvalue weighted by Crippen LogP contribution is 2.23. The van der Waals surface area contributed by atoms with Crippen LogP contribution in [0.1, 0.15) is 38.9 Å². The third-order valence-corrected chi connectivity index (χ3v) is 2.66. The number of hydrogen-bond donors (Lipinski definition) is 2. The van der Waals surface area contributed by atoms with Gasteiger partial charge in [0.25, 0.3) is 0 Å². The van der Waals surface area contributed by atoms with E-state index < -0.39 is 6.10 Å². The molecule has 0 aliphatic heterocycles. The Bertz CT molecular complexity index is 339. The number of benzene rings is 1. The summed E-state index contributed by atoms with van der Waals surface area (Å²) < 4.78 is 5.41. The molecule has 0 amide bonds. The molecule has 0 fully saturated rings. The molecule has 96 valence electrons. The lowest BCUT2D eigenvalue weighted by Gasteiger charge is -2.21. The summed E-state index contributed by atoms with van der Waals surface area (Å²) >= 11 is 0. The molecule has 2 unspecified atom stereocenters. The molecule has 0 aliphatic rings. The number of nitrogens with two attached hydrogens (primary N) is 1. The molecule has 0 aromatic heterocycles. The van der Waals surface area contributed by atoms with Crippen molar-refractivity contribution in [3.8, 4) is 5.75 Å². The van der Waals surface area contributed by atoms with Crippen LogP contribution >= 0.6 is 0 Å². The molecule has 1 aromatic rings. The summed E-state index contributed by atoms with van der Waals surface area (Å²) in [5.74, 6) is 1.26. The minimum Gasteiger partial charge on any atom is -0.494 e. The second kappa shape index (κ2) is 6.62. The Morgan fingerprint density at radius 3 is 2.65 bits per heavy atom. The van der Waals surface area contributed by atoms with Gasteiger partial charge in [-0.1, -0.05) is 26.0 Å². The second-order valence-corrected chi connectivity index (χ2v) is 4.74. The number of hydrogen-bond acceptors (Lipinski definition) is 3. The lowest BCUT2D eigenvalue weighted by Crippen LogP contribution is -2.29. The molecule has 0 aliphatic carbocycles. The average Bonchev–Trinajstić information content (AvgIpc) is 2.28. The van der Waals surface area contributed by atoms with Crippen LogP contribution in [0.3, 0.4) is 0 Å². The van der Waals surface area contributed by atoms with Gasteiger partial charge in [-0.3, -0.25) is 0 Å². The molecule has 17 heavy (non-hydrogen) atoms. The van der Waals surface area contributed by atoms with Gasteiger partial charge < -0.3 is 15.6 Å². The fourth-order valence-electron chi connectivity index (χ4n) is 1.88. The highest BCUT2D eigenvalue weighted by molar-refractivity contribution is 5.30. The largest absolute Gasteiger partial charge is 0.494 e. The molecule has 0 heterocycles. The van der Waals surface area contributed by atoms with Crippen molar-refractivity contribution in [1.82, 2.24) is 0 Å². The molecule has 3 nitrogen and oxygen atoms in total. The first kappa shape index (κ1) is 14.0. The fourth-order valence-corrected chi connectivity index (χ4v) is 1.88. The van der Waals surface area contributed by atoms with E-state index in [9.17, 15) is 5.11 Å². The Morgan fingerprint density at radius 1 is 1.35 bits per heavy atom. The molecule has 1 rings (SSSR count). The van der Waals surface area contributed by atoms with Crippen molar-refractivity contribution >= 4 is 0 Å². The van der Waals surface area contributed by atoms with Gasteiger partial charge in [0.05, 0.1) is 12.7 Å². The predicted molar refractivity (Wildman–Crippen MR) is 70.0 cm³/mol. The molecule has 0 saturated heterocycles. The van der Waals surface area contributed by atoms with Crippen LogP contribution in [0, 0.1) is 5.92 Å². The first-order valence-corrected chi connectivity index (χ1v) is 6.21. The lowest BCUT2D eigenvalue weighted by molar-refractivity contribution is 0.135. The van der Waals surface area contributed by atoms with Crippen molar-refractivity contribution in [1.29, 1.82) is 0 Å². The smallest absolute Gasteiger partial charge is 0.119 e. The van der Waals surface area contributed by atoms with Crippen LogP contribution in [0.4, 0.5) is 0 Å². The summed E-state index contributed by atoms with van der Waals surface area (Å²) in [6, 6.07) is 7.27. The molecule has 0 radical (unpaired) electrons. The Balaban J connectivity index is 2.73. The van der Waals surface area contributed by atoms with Crippen molar-refractivity contribution in [2.75, 3.05) is 6.61 Å². The summed E-state index contributed by atoms with van der Waals surface area (Å²) in [5.41, 5.74) is 6.81. The van der Waals surface area contributed by atoms with Crippen LogP contribution in [0.15, 0.2) is 24.3 Å². The number of aliphatic hydroxyl groups is 1. The van der Waals surface area contributed by atoms with Gasteiger partial charge >= 0.3 is 0 Å². The van der Waals surface area contributed by atoms with E-state index in [1.54, 1.807) is 0 Å². The van der Waals surface area contributed by atoms with E-state index in [1.165, 1.54) is 0 Å². The summed E-state index contributed by atoms with van der Waals surface area (Å²) in [6.45, 7) is 6.76. The van der Waals surface area contributed by atoms with Gasteiger partial charge in [-0.05, 0) is 37.0 Å². The van der Waals surface area contributed by atoms with Crippen molar-refractivity contribution in [3.63, 3.8) is 0 Å². The van der Waals surface area contributed by atoms with Gasteiger partial charge in [-0.2, -0.15) is 0 Å². The predicted octanol–water partition coefficient (Wildman–Crippen LogP) is 2.49. The van der Waals surface area contributed by atoms with E-state index in [4.69, 9.17) is 10.5 Å². The van der Waals surface area contributed by atoms with Gasteiger partial charge in [-0.15, -0.1) is 0 Å². The fraction of sp³-hybridized carbons (Fsp3) is 0.571. The maximum absolute atomic E-state index is 10.2. The van der Waals surface area contributed by atoms with Crippen LogP contribution in [0.5, 0.6) is 5.75 Å². The molecule has 1 aromatic carbocycles. The standard InChI is InChI=1S/C14H23NO2/c1-4-17-12-7-5-6-11(9-12)14(16)13(15)8-10(2)3/h5-7,9-10,13-14,16H,4,8,15H2,1-3H3. The lowest BCUT2D eigenvalue weighted by atomic mass is 9.95. The summed E-state index contributed by atoms with van der Waals surface area (Å²) in [6.07, 6.45) is 0.179. The first-order chi connectivity index (χ1) is 8.04. The highest BCUT2D eigenvalue weighted by Gasteiger charge is 2.18. The third kappa shape index (κ3) is 4.36. The van der Waals surface area contributed by atoms with Crippen LogP contribution in [-0.2, 0) is 0 Å². The van der Waals surface area contributed by atoms with Crippen LogP contribution in [0.25, 0.3) is 0 Å². The quantitative estimate of drug-likeness (QED) is 0.799. The van der Waals surface area contributed by atoms with Gasteiger partial charge in [0.1, 0.15) is 5.75 Å². The van der Waals surface area contributed by atoms with Crippen molar-refractivity contribution < 1.29 is 9.84 Å². The Kier molecular flexibility index (Phi) is 5.45. The molecule has 3 N–H and O–H groups in total. The number of rotatable bonds is 6. The zero-order valence-electron chi connectivity index (χ0n) is 10.9. The van der Waals surface area contributed by atoms with E-state index in [2.05, 4.69) is 13.8 Å². The zero-order chi connectivity index (χ0) is 12.8. The van der Waals surface area contributed by atoms with Crippen molar-refractivity contribution in [3.05, 3.63) is 29.8 Å². The minimum atomic E-state index is -0.627. The van der Waals surface area contributed by atoms with Crippen LogP contribution < -0.4 is 10.5 Å². The Labute approximate surface area is 104 Å². The Morgan fingerprint density at radius 2 is 2.06 bits per heavy atom. The maximum atomic E-state index is 10.2. The maximum Gasteiger partial charge on any atom is 0.119 e. The third-order valence-electron chi connectivity index (χ3n) is 2.66. The van der Waals surface area contributed by atoms with Crippen molar-refractivity contribution in [2.45, 2.75) is 39.3 Å². The van der Waals surface area contributed by atoms with Gasteiger partial charge in [-0.25, -0.2) is 0 Å². The first-order valence-electron chi connectivity index (χ1n) is 6.21. The van der Waals surface area contributed by atoms with Crippen molar-refractivity contribution in [2.24, 2.45) is 11.7 Å². The Hall–Kier alpha value is -1.06. The SMILES string of the molecule is CCOc1cccc(C(O)C(N)CC(C)C)c1. The molecule has 2 atom stereocenters. The molecule has 0 saturated carbocycles. The van der Waals surface area contributed by atoms with Gasteiger partial charge in [0, 0.05) is 6.04 Å². The van der Waals surface area contributed by atoms with Gasteiger partial charge in [0.15, 0.2) is 0 Å². The molecule has 3 heteroatoms. The van der Waals surface area contributed by atoms with E-state index in [0.717, 1.165) is 17.7 Å². The number of aliphatic hydroxyl groups excluding tert-OH is 1. The average molecular weight is 237 g/mol. The van der Waals surface area contributed by atoms with Crippen LogP contribution in [0.2, 0.25) is 0 Å².